The SMILES string of the molecule is COC(=O)Cn1ncc(NCc2ncon2)c(Br)c1=O. The first-order chi connectivity index (χ1) is 9.61. The van der Waals surface area contributed by atoms with Crippen LogP contribution in [0.15, 0.2) is 26.4 Å². The van der Waals surface area contributed by atoms with Crippen LogP contribution < -0.4 is 10.9 Å². The standard InChI is InChI=1S/C10H10BrN5O4/c1-19-8(17)4-16-10(18)9(11)6(2-14-16)12-3-7-13-5-20-15-7/h2,5,12H,3-4H2,1H3. The fourth-order valence-corrected chi connectivity index (χ4v) is 1.78. The average molecular weight is 344 g/mol. The third-order valence-electron chi connectivity index (χ3n) is 2.34. The molecular weight excluding hydrogens is 334 g/mol. The first kappa shape index (κ1) is 14.2. The van der Waals surface area contributed by atoms with E-state index in [1.807, 2.05) is 0 Å². The lowest BCUT2D eigenvalue weighted by Gasteiger charge is -2.08. The van der Waals surface area contributed by atoms with Crippen molar-refractivity contribution in [3.63, 3.8) is 0 Å². The van der Waals surface area contributed by atoms with Crippen molar-refractivity contribution in [1.29, 1.82) is 0 Å². The van der Waals surface area contributed by atoms with Gasteiger partial charge in [-0.25, -0.2) is 4.68 Å². The minimum atomic E-state index is -0.556. The summed E-state index contributed by atoms with van der Waals surface area (Å²) in [4.78, 5) is 26.9. The van der Waals surface area contributed by atoms with Crippen LogP contribution in [0.3, 0.4) is 0 Å². The number of esters is 1. The van der Waals surface area contributed by atoms with Gasteiger partial charge in [-0.1, -0.05) is 5.16 Å². The fraction of sp³-hybridized carbons (Fsp3) is 0.300. The van der Waals surface area contributed by atoms with Crippen molar-refractivity contribution in [2.24, 2.45) is 0 Å². The molecule has 10 heteroatoms. The minimum absolute atomic E-state index is 0.250. The number of carbonyl (C=O) groups excluding carboxylic acids is 1. The van der Waals surface area contributed by atoms with Gasteiger partial charge in [-0.05, 0) is 15.9 Å². The summed E-state index contributed by atoms with van der Waals surface area (Å²) >= 11 is 3.15. The Morgan fingerprint density at radius 3 is 3.05 bits per heavy atom. The summed E-state index contributed by atoms with van der Waals surface area (Å²) in [5.74, 6) is -0.116. The molecule has 0 unspecified atom stereocenters. The Morgan fingerprint density at radius 1 is 1.60 bits per heavy atom. The van der Waals surface area contributed by atoms with E-state index in [4.69, 9.17) is 0 Å². The van der Waals surface area contributed by atoms with Gasteiger partial charge in [-0.2, -0.15) is 10.1 Å². The molecule has 0 radical (unpaired) electrons. The number of hydrogen-bond donors (Lipinski definition) is 1. The summed E-state index contributed by atoms with van der Waals surface area (Å²) in [6, 6.07) is 0. The molecule has 0 bridgehead atoms. The Kier molecular flexibility index (Phi) is 4.45. The smallest absolute Gasteiger partial charge is 0.327 e. The Labute approximate surface area is 121 Å². The molecule has 0 amide bonds. The number of aromatic nitrogens is 4. The highest BCUT2D eigenvalue weighted by Gasteiger charge is 2.12. The zero-order chi connectivity index (χ0) is 14.5. The normalized spacial score (nSPS) is 10.3. The number of nitrogens with one attached hydrogen (secondary N) is 1. The van der Waals surface area contributed by atoms with Gasteiger partial charge in [-0.3, -0.25) is 9.59 Å². The van der Waals surface area contributed by atoms with E-state index < -0.39 is 11.5 Å². The van der Waals surface area contributed by atoms with Crippen LogP contribution in [-0.4, -0.2) is 33.0 Å². The molecule has 0 atom stereocenters. The van der Waals surface area contributed by atoms with Gasteiger partial charge in [-0.15, -0.1) is 0 Å². The molecule has 0 saturated heterocycles. The second kappa shape index (κ2) is 6.28. The van der Waals surface area contributed by atoms with Crippen molar-refractivity contribution in [1.82, 2.24) is 19.9 Å². The van der Waals surface area contributed by atoms with Crippen LogP contribution in [0.1, 0.15) is 5.82 Å². The van der Waals surface area contributed by atoms with Crippen molar-refractivity contribution in [3.8, 4) is 0 Å². The molecule has 0 aliphatic heterocycles. The van der Waals surface area contributed by atoms with E-state index in [-0.39, 0.29) is 17.6 Å². The second-order valence-electron chi connectivity index (χ2n) is 3.61. The molecule has 0 aromatic carbocycles. The molecule has 0 saturated carbocycles. The molecule has 106 valence electrons. The molecule has 20 heavy (non-hydrogen) atoms. The van der Waals surface area contributed by atoms with Gasteiger partial charge in [0.15, 0.2) is 5.82 Å². The molecule has 2 heterocycles. The predicted molar refractivity (Wildman–Crippen MR) is 69.8 cm³/mol. The maximum Gasteiger partial charge on any atom is 0.327 e. The number of halogens is 1. The largest absolute Gasteiger partial charge is 0.468 e. The van der Waals surface area contributed by atoms with Crippen LogP contribution in [0.25, 0.3) is 0 Å². The molecule has 2 aromatic rings. The molecule has 0 spiro atoms. The van der Waals surface area contributed by atoms with Gasteiger partial charge in [0.25, 0.3) is 5.56 Å². The lowest BCUT2D eigenvalue weighted by Crippen LogP contribution is -2.28. The van der Waals surface area contributed by atoms with E-state index >= 15 is 0 Å². The highest BCUT2D eigenvalue weighted by molar-refractivity contribution is 9.10. The Balaban J connectivity index is 2.14. The first-order valence-electron chi connectivity index (χ1n) is 5.43. The average Bonchev–Trinajstić information content (AvgIpc) is 2.96. The van der Waals surface area contributed by atoms with Crippen LogP contribution in [0.5, 0.6) is 0 Å². The minimum Gasteiger partial charge on any atom is -0.468 e. The van der Waals surface area contributed by atoms with E-state index in [1.165, 1.54) is 19.7 Å². The second-order valence-corrected chi connectivity index (χ2v) is 4.41. The van der Waals surface area contributed by atoms with Crippen LogP contribution in [-0.2, 0) is 22.6 Å². The summed E-state index contributed by atoms with van der Waals surface area (Å²) in [7, 11) is 1.24. The maximum absolute atomic E-state index is 12.0. The van der Waals surface area contributed by atoms with Crippen LogP contribution in [0, 0.1) is 0 Å². The fourth-order valence-electron chi connectivity index (χ4n) is 1.33. The zero-order valence-corrected chi connectivity index (χ0v) is 12.0. The predicted octanol–water partition coefficient (Wildman–Crippen LogP) is 0.174. The molecule has 0 aliphatic rings. The molecule has 2 rings (SSSR count). The third-order valence-corrected chi connectivity index (χ3v) is 3.10. The number of nitrogens with zero attached hydrogens (tertiary/aromatic N) is 4. The van der Waals surface area contributed by atoms with Crippen molar-refractivity contribution in [2.75, 3.05) is 12.4 Å². The van der Waals surface area contributed by atoms with E-state index in [1.54, 1.807) is 0 Å². The topological polar surface area (TPSA) is 112 Å². The summed E-state index contributed by atoms with van der Waals surface area (Å²) in [5, 5.41) is 10.4. The monoisotopic (exact) mass is 343 g/mol. The highest BCUT2D eigenvalue weighted by Crippen LogP contribution is 2.16. The van der Waals surface area contributed by atoms with E-state index in [0.29, 0.717) is 11.5 Å². The van der Waals surface area contributed by atoms with Gasteiger partial charge in [0, 0.05) is 0 Å². The summed E-state index contributed by atoms with van der Waals surface area (Å²) in [6.07, 6.45) is 2.62. The van der Waals surface area contributed by atoms with Gasteiger partial charge in [0.05, 0.1) is 25.5 Å². The molecule has 0 fully saturated rings. The van der Waals surface area contributed by atoms with E-state index in [9.17, 15) is 9.59 Å². The van der Waals surface area contributed by atoms with E-state index in [2.05, 4.69) is 45.7 Å². The Morgan fingerprint density at radius 2 is 2.40 bits per heavy atom. The van der Waals surface area contributed by atoms with Crippen LogP contribution in [0.4, 0.5) is 5.69 Å². The number of methoxy groups -OCH3 is 1. The summed E-state index contributed by atoms with van der Waals surface area (Å²) in [6.45, 7) is 0.0241. The van der Waals surface area contributed by atoms with Crippen LogP contribution >= 0.6 is 15.9 Å². The first-order valence-corrected chi connectivity index (χ1v) is 6.22. The quantitative estimate of drug-likeness (QED) is 0.764. The van der Waals surface area contributed by atoms with Gasteiger partial charge in [0.1, 0.15) is 11.0 Å². The molecule has 2 aromatic heterocycles. The molecular formula is C10H10BrN5O4. The molecule has 9 nitrogen and oxygen atoms in total. The van der Waals surface area contributed by atoms with Crippen molar-refractivity contribution in [2.45, 2.75) is 13.1 Å². The van der Waals surface area contributed by atoms with Gasteiger partial charge < -0.3 is 14.6 Å². The number of anilines is 1. The van der Waals surface area contributed by atoms with E-state index in [0.717, 1.165) is 4.68 Å². The number of carbonyl (C=O) groups is 1. The molecule has 1 N–H and O–H groups in total. The highest BCUT2D eigenvalue weighted by atomic mass is 79.9. The van der Waals surface area contributed by atoms with Gasteiger partial charge >= 0.3 is 5.97 Å². The maximum atomic E-state index is 12.0. The lowest BCUT2D eigenvalue weighted by molar-refractivity contribution is -0.141. The number of hydrogen-bond acceptors (Lipinski definition) is 8. The lowest BCUT2D eigenvalue weighted by atomic mass is 10.4. The number of rotatable bonds is 5. The third kappa shape index (κ3) is 3.20. The Bertz CT molecular complexity index is 654. The van der Waals surface area contributed by atoms with Crippen molar-refractivity contribution in [3.05, 3.63) is 33.2 Å². The summed E-state index contributed by atoms with van der Waals surface area (Å²) in [5.41, 5.74) is 0.00873. The summed E-state index contributed by atoms with van der Waals surface area (Å²) < 4.78 is 10.3. The van der Waals surface area contributed by atoms with Gasteiger partial charge in [0.2, 0.25) is 6.39 Å². The number of ether oxygens (including phenoxy) is 1. The van der Waals surface area contributed by atoms with Crippen molar-refractivity contribution >= 4 is 27.6 Å². The van der Waals surface area contributed by atoms with Crippen molar-refractivity contribution < 1.29 is 14.1 Å². The molecule has 0 aliphatic carbocycles. The zero-order valence-electron chi connectivity index (χ0n) is 10.4. The van der Waals surface area contributed by atoms with Crippen LogP contribution in [0.2, 0.25) is 0 Å². The Hall–Kier alpha value is -2.23.